The molecule has 1 aliphatic carbocycles. The molecule has 0 saturated heterocycles. The molecule has 0 saturated carbocycles. The Morgan fingerprint density at radius 3 is 3.06 bits per heavy atom. The maximum Gasteiger partial charge on any atom is 0.155 e. The second kappa shape index (κ2) is 5.71. The molecule has 5 heteroatoms. The van der Waals surface area contributed by atoms with E-state index in [1.165, 1.54) is 11.1 Å². The molecule has 3 atom stereocenters. The van der Waals surface area contributed by atoms with Crippen molar-refractivity contribution in [2.75, 3.05) is 12.3 Å². The molecule has 17 heavy (non-hydrogen) atoms. The predicted molar refractivity (Wildman–Crippen MR) is 66.0 cm³/mol. The third-order valence-corrected chi connectivity index (χ3v) is 3.69. The highest BCUT2D eigenvalue weighted by Crippen LogP contribution is 2.30. The molecule has 1 aromatic rings. The maximum atomic E-state index is 13.3. The minimum atomic E-state index is -2.06. The Bertz CT molecular complexity index is 413. The summed E-state index contributed by atoms with van der Waals surface area (Å²) in [6.45, 7) is 0.130. The number of alkyl halides is 1. The number of aryl methyl sites for hydroxylation is 1. The minimum Gasteiger partial charge on any atom is -0.307 e. The van der Waals surface area contributed by atoms with E-state index < -0.39 is 17.3 Å². The van der Waals surface area contributed by atoms with Crippen molar-refractivity contribution in [3.05, 3.63) is 35.4 Å². The molecule has 0 aromatic heterocycles. The third kappa shape index (κ3) is 3.34. The molecule has 3 nitrogen and oxygen atoms in total. The summed E-state index contributed by atoms with van der Waals surface area (Å²) in [5.74, 6) is -0.318. The molecule has 0 heterocycles. The Hall–Kier alpha value is -0.780. The van der Waals surface area contributed by atoms with Gasteiger partial charge in [-0.2, -0.15) is 0 Å². The molecule has 0 spiro atoms. The van der Waals surface area contributed by atoms with Crippen LogP contribution in [0.15, 0.2) is 24.3 Å². The summed E-state index contributed by atoms with van der Waals surface area (Å²) in [5.41, 5.74) is 2.54. The topological polar surface area (TPSA) is 49.3 Å². The maximum absolute atomic E-state index is 13.3. The van der Waals surface area contributed by atoms with Crippen LogP contribution >= 0.6 is 0 Å². The molecule has 94 valence electrons. The van der Waals surface area contributed by atoms with E-state index in [-0.39, 0.29) is 18.3 Å². The Morgan fingerprint density at radius 1 is 1.53 bits per heavy atom. The average molecular weight is 257 g/mol. The Morgan fingerprint density at radius 2 is 2.29 bits per heavy atom. The van der Waals surface area contributed by atoms with Crippen molar-refractivity contribution in [2.45, 2.75) is 25.1 Å². The van der Waals surface area contributed by atoms with Crippen LogP contribution in [0.3, 0.4) is 0 Å². The Kier molecular flexibility index (Phi) is 4.25. The zero-order valence-electron chi connectivity index (χ0n) is 9.43. The molecular formula is C12H16FNO2S. The van der Waals surface area contributed by atoms with Gasteiger partial charge in [0.15, 0.2) is 11.1 Å². The lowest BCUT2D eigenvalue weighted by Crippen LogP contribution is -2.30. The summed E-state index contributed by atoms with van der Waals surface area (Å²) in [5, 5.41) is 3.12. The van der Waals surface area contributed by atoms with Gasteiger partial charge in [-0.15, -0.1) is 0 Å². The van der Waals surface area contributed by atoms with Crippen molar-refractivity contribution in [2.24, 2.45) is 0 Å². The smallest absolute Gasteiger partial charge is 0.155 e. The molecule has 2 N–H and O–H groups in total. The van der Waals surface area contributed by atoms with Crippen LogP contribution in [-0.2, 0) is 17.5 Å². The fourth-order valence-corrected chi connectivity index (χ4v) is 2.68. The van der Waals surface area contributed by atoms with Crippen molar-refractivity contribution in [3.8, 4) is 0 Å². The molecular weight excluding hydrogens is 241 g/mol. The quantitative estimate of drug-likeness (QED) is 0.791. The van der Waals surface area contributed by atoms with Gasteiger partial charge in [0.2, 0.25) is 0 Å². The van der Waals surface area contributed by atoms with Crippen LogP contribution in [0.25, 0.3) is 0 Å². The van der Waals surface area contributed by atoms with E-state index in [1.807, 2.05) is 12.1 Å². The number of hydrogen-bond donors (Lipinski definition) is 2. The summed E-state index contributed by atoms with van der Waals surface area (Å²) in [7, 11) is 0. The third-order valence-electron chi connectivity index (χ3n) is 3.04. The van der Waals surface area contributed by atoms with Gasteiger partial charge >= 0.3 is 0 Å². The standard InChI is InChI=1S/C12H16FNO2S/c13-10(8-17(15)16)7-14-12-6-5-9-3-1-2-4-11(9)12/h1-4,10,12,14H,5-8H2,(H,15,16)/t10-,12?/m1/s1. The first-order valence-electron chi connectivity index (χ1n) is 5.69. The van der Waals surface area contributed by atoms with Gasteiger partial charge in [-0.25, -0.2) is 8.60 Å². The van der Waals surface area contributed by atoms with Crippen molar-refractivity contribution >= 4 is 11.1 Å². The summed E-state index contributed by atoms with van der Waals surface area (Å²) < 4.78 is 32.3. The first kappa shape index (κ1) is 12.7. The van der Waals surface area contributed by atoms with Crippen molar-refractivity contribution in [3.63, 3.8) is 0 Å². The van der Waals surface area contributed by atoms with Gasteiger partial charge in [-0.05, 0) is 24.0 Å². The van der Waals surface area contributed by atoms with Gasteiger partial charge in [0, 0.05) is 12.6 Å². The van der Waals surface area contributed by atoms with E-state index >= 15 is 0 Å². The predicted octanol–water partition coefficient (Wildman–Crippen LogP) is 1.82. The van der Waals surface area contributed by atoms with E-state index in [2.05, 4.69) is 17.4 Å². The van der Waals surface area contributed by atoms with Gasteiger partial charge in [-0.1, -0.05) is 24.3 Å². The largest absolute Gasteiger partial charge is 0.307 e. The molecule has 1 aliphatic rings. The fourth-order valence-electron chi connectivity index (χ4n) is 2.25. The summed E-state index contributed by atoms with van der Waals surface area (Å²) >= 11 is -2.06. The number of hydrogen-bond acceptors (Lipinski definition) is 2. The van der Waals surface area contributed by atoms with Gasteiger partial charge in [-0.3, -0.25) is 0 Å². The van der Waals surface area contributed by atoms with E-state index in [0.29, 0.717) is 0 Å². The van der Waals surface area contributed by atoms with Crippen LogP contribution in [0.2, 0.25) is 0 Å². The molecule has 2 rings (SSSR count). The van der Waals surface area contributed by atoms with E-state index in [1.54, 1.807) is 0 Å². The number of nitrogens with one attached hydrogen (secondary N) is 1. The summed E-state index contributed by atoms with van der Waals surface area (Å²) in [4.78, 5) is 0. The summed E-state index contributed by atoms with van der Waals surface area (Å²) in [6, 6.07) is 8.31. The van der Waals surface area contributed by atoms with Gasteiger partial charge in [0.25, 0.3) is 0 Å². The van der Waals surface area contributed by atoms with Crippen molar-refractivity contribution in [1.29, 1.82) is 0 Å². The zero-order chi connectivity index (χ0) is 12.3. The number of benzene rings is 1. The molecule has 2 unspecified atom stereocenters. The van der Waals surface area contributed by atoms with Gasteiger partial charge in [0.05, 0.1) is 5.75 Å². The second-order valence-corrected chi connectivity index (χ2v) is 5.26. The normalized spacial score (nSPS) is 22.1. The highest BCUT2D eigenvalue weighted by Gasteiger charge is 2.22. The molecule has 0 aliphatic heterocycles. The average Bonchev–Trinajstić information content (AvgIpc) is 2.69. The van der Waals surface area contributed by atoms with Crippen LogP contribution in [0, 0.1) is 0 Å². The van der Waals surface area contributed by atoms with Crippen LogP contribution in [-0.4, -0.2) is 27.2 Å². The lowest BCUT2D eigenvalue weighted by atomic mass is 10.1. The molecule has 0 bridgehead atoms. The van der Waals surface area contributed by atoms with Crippen molar-refractivity contribution in [1.82, 2.24) is 5.32 Å². The van der Waals surface area contributed by atoms with Gasteiger partial charge < -0.3 is 9.87 Å². The lowest BCUT2D eigenvalue weighted by molar-refractivity contribution is 0.329. The first-order chi connectivity index (χ1) is 8.16. The van der Waals surface area contributed by atoms with Crippen LogP contribution in [0.1, 0.15) is 23.6 Å². The monoisotopic (exact) mass is 257 g/mol. The zero-order valence-corrected chi connectivity index (χ0v) is 10.3. The first-order valence-corrected chi connectivity index (χ1v) is 6.97. The number of rotatable bonds is 5. The number of halogens is 1. The second-order valence-electron chi connectivity index (χ2n) is 4.28. The van der Waals surface area contributed by atoms with Gasteiger partial charge in [0.1, 0.15) is 6.17 Å². The fraction of sp³-hybridized carbons (Fsp3) is 0.500. The molecule has 0 radical (unpaired) electrons. The minimum absolute atomic E-state index is 0.130. The molecule has 1 aromatic carbocycles. The number of fused-ring (bicyclic) bond motifs is 1. The lowest BCUT2D eigenvalue weighted by Gasteiger charge is -2.15. The highest BCUT2D eigenvalue weighted by atomic mass is 32.2. The highest BCUT2D eigenvalue weighted by molar-refractivity contribution is 7.79. The summed E-state index contributed by atoms with van der Waals surface area (Å²) in [6.07, 6.45) is 0.707. The van der Waals surface area contributed by atoms with E-state index in [0.717, 1.165) is 12.8 Å². The van der Waals surface area contributed by atoms with E-state index in [4.69, 9.17) is 4.55 Å². The Balaban J connectivity index is 1.87. The molecule has 0 amide bonds. The van der Waals surface area contributed by atoms with Crippen molar-refractivity contribution < 1.29 is 13.2 Å². The molecule has 0 fully saturated rings. The SMILES string of the molecule is O=S(O)C[C@H](F)CNC1CCc2ccccc21. The van der Waals surface area contributed by atoms with Crippen LogP contribution < -0.4 is 5.32 Å². The van der Waals surface area contributed by atoms with Crippen LogP contribution in [0.4, 0.5) is 4.39 Å². The van der Waals surface area contributed by atoms with E-state index in [9.17, 15) is 8.60 Å². The van der Waals surface area contributed by atoms with Crippen LogP contribution in [0.5, 0.6) is 0 Å². The Labute approximate surface area is 103 Å².